The van der Waals surface area contributed by atoms with Gasteiger partial charge in [0.05, 0.1) is 0 Å². The standard InChI is InChI=1S/C12H19BrN2/c1-15(9-4-2-3-7-13)11-12-6-5-8-14-10-12/h5-6,8,10H,2-4,7,9,11H2,1H3. The Morgan fingerprint density at radius 3 is 2.87 bits per heavy atom. The Hall–Kier alpha value is -0.410. The SMILES string of the molecule is CN(CCCCCBr)Cc1cccnc1. The molecule has 1 heterocycles. The summed E-state index contributed by atoms with van der Waals surface area (Å²) < 4.78 is 0. The van der Waals surface area contributed by atoms with Crippen molar-refractivity contribution in [2.45, 2.75) is 25.8 Å². The van der Waals surface area contributed by atoms with Crippen molar-refractivity contribution in [3.05, 3.63) is 30.1 Å². The fourth-order valence-electron chi connectivity index (χ4n) is 1.54. The van der Waals surface area contributed by atoms with Gasteiger partial charge in [-0.05, 0) is 38.1 Å². The van der Waals surface area contributed by atoms with Gasteiger partial charge in [-0.3, -0.25) is 4.98 Å². The molecule has 0 spiro atoms. The van der Waals surface area contributed by atoms with Gasteiger partial charge in [0.15, 0.2) is 0 Å². The lowest BCUT2D eigenvalue weighted by molar-refractivity contribution is 0.318. The van der Waals surface area contributed by atoms with Crippen LogP contribution >= 0.6 is 15.9 Å². The highest BCUT2D eigenvalue weighted by molar-refractivity contribution is 9.09. The predicted octanol–water partition coefficient (Wildman–Crippen LogP) is 3.08. The van der Waals surface area contributed by atoms with E-state index in [9.17, 15) is 0 Å². The zero-order chi connectivity index (χ0) is 10.9. The molecule has 0 atom stereocenters. The molecule has 0 aromatic carbocycles. The summed E-state index contributed by atoms with van der Waals surface area (Å²) in [6.07, 6.45) is 7.63. The lowest BCUT2D eigenvalue weighted by Crippen LogP contribution is -2.19. The molecule has 0 bridgehead atoms. The van der Waals surface area contributed by atoms with E-state index >= 15 is 0 Å². The molecule has 0 amide bonds. The molecule has 0 radical (unpaired) electrons. The molecular weight excluding hydrogens is 252 g/mol. The zero-order valence-corrected chi connectivity index (χ0v) is 10.9. The third kappa shape index (κ3) is 5.90. The molecule has 0 aliphatic rings. The molecule has 0 fully saturated rings. The molecule has 0 N–H and O–H groups in total. The largest absolute Gasteiger partial charge is 0.302 e. The number of pyridine rings is 1. The third-order valence-corrected chi connectivity index (χ3v) is 2.91. The molecule has 0 aliphatic heterocycles. The first-order valence-corrected chi connectivity index (χ1v) is 6.58. The van der Waals surface area contributed by atoms with Crippen molar-refractivity contribution in [1.29, 1.82) is 0 Å². The second kappa shape index (κ2) is 7.83. The van der Waals surface area contributed by atoms with E-state index < -0.39 is 0 Å². The monoisotopic (exact) mass is 270 g/mol. The van der Waals surface area contributed by atoms with Gasteiger partial charge in [-0.1, -0.05) is 28.4 Å². The fourth-order valence-corrected chi connectivity index (χ4v) is 1.93. The molecule has 3 heteroatoms. The minimum atomic E-state index is 1.00. The Labute approximate surface area is 101 Å². The average Bonchev–Trinajstić information content (AvgIpc) is 2.26. The first-order chi connectivity index (χ1) is 7.33. The van der Waals surface area contributed by atoms with Gasteiger partial charge in [0, 0.05) is 24.3 Å². The Morgan fingerprint density at radius 2 is 2.20 bits per heavy atom. The smallest absolute Gasteiger partial charge is 0.0312 e. The van der Waals surface area contributed by atoms with Crippen LogP contribution < -0.4 is 0 Å². The van der Waals surface area contributed by atoms with Gasteiger partial charge < -0.3 is 4.90 Å². The van der Waals surface area contributed by atoms with Crippen LogP contribution in [0.25, 0.3) is 0 Å². The third-order valence-electron chi connectivity index (χ3n) is 2.35. The fraction of sp³-hybridized carbons (Fsp3) is 0.583. The van der Waals surface area contributed by atoms with Crippen LogP contribution in [0, 0.1) is 0 Å². The van der Waals surface area contributed by atoms with Crippen LogP contribution in [0.3, 0.4) is 0 Å². The van der Waals surface area contributed by atoms with Gasteiger partial charge in [0.25, 0.3) is 0 Å². The van der Waals surface area contributed by atoms with Crippen molar-refractivity contribution < 1.29 is 0 Å². The van der Waals surface area contributed by atoms with Crippen LogP contribution in [-0.4, -0.2) is 28.8 Å². The number of aromatic nitrogens is 1. The van der Waals surface area contributed by atoms with Gasteiger partial charge in [-0.15, -0.1) is 0 Å². The Balaban J connectivity index is 2.16. The minimum absolute atomic E-state index is 1.00. The summed E-state index contributed by atoms with van der Waals surface area (Å²) >= 11 is 3.45. The van der Waals surface area contributed by atoms with E-state index in [2.05, 4.69) is 38.9 Å². The van der Waals surface area contributed by atoms with Crippen LogP contribution in [0.4, 0.5) is 0 Å². The number of hydrogen-bond donors (Lipinski definition) is 0. The normalized spacial score (nSPS) is 10.9. The van der Waals surface area contributed by atoms with Crippen molar-refractivity contribution in [3.8, 4) is 0 Å². The average molecular weight is 271 g/mol. The Kier molecular flexibility index (Phi) is 6.60. The number of unbranched alkanes of at least 4 members (excludes halogenated alkanes) is 2. The number of rotatable bonds is 7. The van der Waals surface area contributed by atoms with Crippen molar-refractivity contribution in [1.82, 2.24) is 9.88 Å². The van der Waals surface area contributed by atoms with Gasteiger partial charge in [0.1, 0.15) is 0 Å². The van der Waals surface area contributed by atoms with E-state index in [-0.39, 0.29) is 0 Å². The lowest BCUT2D eigenvalue weighted by Gasteiger charge is -2.15. The molecule has 15 heavy (non-hydrogen) atoms. The molecule has 1 aromatic rings. The highest BCUT2D eigenvalue weighted by atomic mass is 79.9. The number of nitrogens with zero attached hydrogens (tertiary/aromatic N) is 2. The first-order valence-electron chi connectivity index (χ1n) is 5.46. The zero-order valence-electron chi connectivity index (χ0n) is 9.32. The second-order valence-electron chi connectivity index (χ2n) is 3.85. The molecule has 1 aromatic heterocycles. The predicted molar refractivity (Wildman–Crippen MR) is 68.2 cm³/mol. The van der Waals surface area contributed by atoms with E-state index in [1.54, 1.807) is 0 Å². The maximum absolute atomic E-state index is 4.11. The van der Waals surface area contributed by atoms with Crippen LogP contribution in [0.1, 0.15) is 24.8 Å². The summed E-state index contributed by atoms with van der Waals surface area (Å²) in [5.74, 6) is 0. The highest BCUT2D eigenvalue weighted by Gasteiger charge is 1.99. The number of halogens is 1. The Bertz CT molecular complexity index is 251. The molecule has 0 saturated carbocycles. The van der Waals surface area contributed by atoms with E-state index in [4.69, 9.17) is 0 Å². The lowest BCUT2D eigenvalue weighted by atomic mass is 10.2. The van der Waals surface area contributed by atoms with E-state index in [1.807, 2.05) is 18.5 Å². The van der Waals surface area contributed by atoms with Crippen LogP contribution in [0.2, 0.25) is 0 Å². The summed E-state index contributed by atoms with van der Waals surface area (Å²) in [5.41, 5.74) is 1.29. The van der Waals surface area contributed by atoms with Crippen molar-refractivity contribution in [2.24, 2.45) is 0 Å². The topological polar surface area (TPSA) is 16.1 Å². The second-order valence-corrected chi connectivity index (χ2v) is 4.64. The minimum Gasteiger partial charge on any atom is -0.302 e. The molecule has 0 saturated heterocycles. The van der Waals surface area contributed by atoms with Gasteiger partial charge in [-0.2, -0.15) is 0 Å². The molecule has 84 valence electrons. The van der Waals surface area contributed by atoms with Crippen molar-refractivity contribution in [2.75, 3.05) is 18.9 Å². The first kappa shape index (κ1) is 12.7. The number of alkyl halides is 1. The van der Waals surface area contributed by atoms with Gasteiger partial charge in [-0.25, -0.2) is 0 Å². The van der Waals surface area contributed by atoms with Crippen LogP contribution in [0.15, 0.2) is 24.5 Å². The maximum Gasteiger partial charge on any atom is 0.0312 e. The molecule has 1 rings (SSSR count). The molecule has 0 unspecified atom stereocenters. The summed E-state index contributed by atoms with van der Waals surface area (Å²) in [5, 5.41) is 1.12. The van der Waals surface area contributed by atoms with Crippen molar-refractivity contribution >= 4 is 15.9 Å². The summed E-state index contributed by atoms with van der Waals surface area (Å²) in [4.78, 5) is 6.47. The van der Waals surface area contributed by atoms with Gasteiger partial charge >= 0.3 is 0 Å². The molecule has 2 nitrogen and oxygen atoms in total. The van der Waals surface area contributed by atoms with Crippen LogP contribution in [-0.2, 0) is 6.54 Å². The van der Waals surface area contributed by atoms with E-state index in [0.717, 1.165) is 11.9 Å². The Morgan fingerprint density at radius 1 is 1.33 bits per heavy atom. The molecular formula is C12H19BrN2. The van der Waals surface area contributed by atoms with Crippen molar-refractivity contribution in [3.63, 3.8) is 0 Å². The summed E-state index contributed by atoms with van der Waals surface area (Å²) in [6.45, 7) is 2.17. The highest BCUT2D eigenvalue weighted by Crippen LogP contribution is 2.04. The molecule has 0 aliphatic carbocycles. The summed E-state index contributed by atoms with van der Waals surface area (Å²) in [6, 6.07) is 4.12. The van der Waals surface area contributed by atoms with Crippen LogP contribution in [0.5, 0.6) is 0 Å². The van der Waals surface area contributed by atoms with E-state index in [0.29, 0.717) is 0 Å². The summed E-state index contributed by atoms with van der Waals surface area (Å²) in [7, 11) is 2.17. The van der Waals surface area contributed by atoms with E-state index in [1.165, 1.54) is 31.4 Å². The number of hydrogen-bond acceptors (Lipinski definition) is 2. The quantitative estimate of drug-likeness (QED) is 0.559. The maximum atomic E-state index is 4.11. The van der Waals surface area contributed by atoms with Gasteiger partial charge in [0.2, 0.25) is 0 Å².